The van der Waals surface area contributed by atoms with Gasteiger partial charge in [-0.15, -0.1) is 0 Å². The highest BCUT2D eigenvalue weighted by atomic mass is 16.1. The molecule has 0 spiro atoms. The number of benzene rings is 1. The fourth-order valence-corrected chi connectivity index (χ4v) is 2.30. The lowest BCUT2D eigenvalue weighted by Crippen LogP contribution is -2.23. The Hall–Kier alpha value is -2.62. The minimum atomic E-state index is -0.0722. The number of hydrogen-bond donors (Lipinski definition) is 1. The van der Waals surface area contributed by atoms with E-state index < -0.39 is 0 Å². The van der Waals surface area contributed by atoms with Gasteiger partial charge in [-0.25, -0.2) is 4.52 Å². The van der Waals surface area contributed by atoms with Crippen LogP contribution in [0.5, 0.6) is 0 Å². The summed E-state index contributed by atoms with van der Waals surface area (Å²) in [5, 5.41) is 7.13. The third-order valence-electron chi connectivity index (χ3n) is 3.41. The molecule has 1 N–H and O–H groups in total. The molecule has 106 valence electrons. The van der Waals surface area contributed by atoms with Gasteiger partial charge in [0.15, 0.2) is 0 Å². The first-order valence-electron chi connectivity index (χ1n) is 7.10. The summed E-state index contributed by atoms with van der Waals surface area (Å²) < 4.78 is 1.73. The Labute approximate surface area is 123 Å². The monoisotopic (exact) mass is 279 g/mol. The Morgan fingerprint density at radius 2 is 2.00 bits per heavy atom. The second-order valence-corrected chi connectivity index (χ2v) is 4.93. The van der Waals surface area contributed by atoms with Crippen molar-refractivity contribution in [2.24, 2.45) is 0 Å². The zero-order valence-electron chi connectivity index (χ0n) is 11.9. The maximum atomic E-state index is 12.2. The molecule has 2 aromatic heterocycles. The molecule has 0 saturated heterocycles. The minimum Gasteiger partial charge on any atom is -0.352 e. The van der Waals surface area contributed by atoms with Crippen molar-refractivity contribution in [1.82, 2.24) is 14.9 Å². The number of carbonyl (C=O) groups is 1. The van der Waals surface area contributed by atoms with Gasteiger partial charge in [-0.1, -0.05) is 37.3 Å². The second-order valence-electron chi connectivity index (χ2n) is 4.93. The summed E-state index contributed by atoms with van der Waals surface area (Å²) >= 11 is 0. The van der Waals surface area contributed by atoms with Crippen molar-refractivity contribution < 1.29 is 4.79 Å². The fraction of sp³-hybridized carbons (Fsp3) is 0.176. The number of carbonyl (C=O) groups excluding carboxylic acids is 1. The third kappa shape index (κ3) is 2.65. The van der Waals surface area contributed by atoms with Gasteiger partial charge in [0.1, 0.15) is 0 Å². The van der Waals surface area contributed by atoms with E-state index in [0.717, 1.165) is 23.1 Å². The van der Waals surface area contributed by atoms with Crippen LogP contribution in [0.1, 0.15) is 23.7 Å². The highest BCUT2D eigenvalue weighted by molar-refractivity contribution is 6.01. The molecule has 1 amide bonds. The number of fused-ring (bicyclic) bond motifs is 1. The molecule has 0 unspecified atom stereocenters. The molecular formula is C17H17N3O. The average molecular weight is 279 g/mol. The summed E-state index contributed by atoms with van der Waals surface area (Å²) in [5.74, 6) is -0.0722. The Bertz CT molecular complexity index is 762. The number of aromatic nitrogens is 2. The SMILES string of the molecule is CCCNC(=O)c1cnn2ccc(-c3ccccc3)cc12. The summed E-state index contributed by atoms with van der Waals surface area (Å²) in [4.78, 5) is 12.2. The first-order valence-corrected chi connectivity index (χ1v) is 7.10. The van der Waals surface area contributed by atoms with E-state index in [2.05, 4.69) is 22.5 Å². The molecule has 4 nitrogen and oxygen atoms in total. The summed E-state index contributed by atoms with van der Waals surface area (Å²) in [6.45, 7) is 2.71. The molecule has 0 fully saturated rings. The molecule has 0 saturated carbocycles. The first kappa shape index (κ1) is 13.4. The van der Waals surface area contributed by atoms with Crippen LogP contribution in [0.25, 0.3) is 16.6 Å². The second kappa shape index (κ2) is 5.79. The molecule has 0 aliphatic rings. The van der Waals surface area contributed by atoms with Gasteiger partial charge in [-0.3, -0.25) is 4.79 Å². The van der Waals surface area contributed by atoms with E-state index in [1.165, 1.54) is 0 Å². The molecule has 2 heterocycles. The lowest BCUT2D eigenvalue weighted by molar-refractivity contribution is 0.0955. The predicted octanol–water partition coefficient (Wildman–Crippen LogP) is 3.14. The molecular weight excluding hydrogens is 262 g/mol. The van der Waals surface area contributed by atoms with Crippen molar-refractivity contribution in [3.05, 3.63) is 60.4 Å². The predicted molar refractivity (Wildman–Crippen MR) is 83.3 cm³/mol. The molecule has 3 rings (SSSR count). The van der Waals surface area contributed by atoms with Crippen molar-refractivity contribution in [3.8, 4) is 11.1 Å². The molecule has 0 atom stereocenters. The first-order chi connectivity index (χ1) is 10.3. The van der Waals surface area contributed by atoms with E-state index in [9.17, 15) is 4.79 Å². The van der Waals surface area contributed by atoms with Crippen LogP contribution in [0, 0.1) is 0 Å². The zero-order chi connectivity index (χ0) is 14.7. The highest BCUT2D eigenvalue weighted by Gasteiger charge is 2.12. The Morgan fingerprint density at radius 3 is 2.76 bits per heavy atom. The fourth-order valence-electron chi connectivity index (χ4n) is 2.30. The van der Waals surface area contributed by atoms with E-state index in [4.69, 9.17) is 0 Å². The van der Waals surface area contributed by atoms with Gasteiger partial charge >= 0.3 is 0 Å². The van der Waals surface area contributed by atoms with E-state index in [-0.39, 0.29) is 5.91 Å². The van der Waals surface area contributed by atoms with Crippen LogP contribution in [0.3, 0.4) is 0 Å². The summed E-state index contributed by atoms with van der Waals surface area (Å²) in [6, 6.07) is 14.1. The van der Waals surface area contributed by atoms with E-state index in [1.54, 1.807) is 10.7 Å². The molecule has 4 heteroatoms. The van der Waals surface area contributed by atoms with Gasteiger partial charge in [0.2, 0.25) is 0 Å². The lowest BCUT2D eigenvalue weighted by atomic mass is 10.1. The summed E-state index contributed by atoms with van der Waals surface area (Å²) in [7, 11) is 0. The lowest BCUT2D eigenvalue weighted by Gasteiger charge is -2.04. The summed E-state index contributed by atoms with van der Waals surface area (Å²) in [5.41, 5.74) is 3.64. The van der Waals surface area contributed by atoms with Crippen molar-refractivity contribution in [2.75, 3.05) is 6.54 Å². The van der Waals surface area contributed by atoms with Gasteiger partial charge in [0.25, 0.3) is 5.91 Å². The summed E-state index contributed by atoms with van der Waals surface area (Å²) in [6.07, 6.45) is 4.42. The molecule has 0 bridgehead atoms. The number of rotatable bonds is 4. The van der Waals surface area contributed by atoms with Crippen LogP contribution in [0.4, 0.5) is 0 Å². The highest BCUT2D eigenvalue weighted by Crippen LogP contribution is 2.22. The molecule has 1 aromatic carbocycles. The van der Waals surface area contributed by atoms with Gasteiger partial charge in [0.05, 0.1) is 17.3 Å². The Kier molecular flexibility index (Phi) is 3.69. The number of pyridine rings is 1. The quantitative estimate of drug-likeness (QED) is 0.797. The van der Waals surface area contributed by atoms with Crippen molar-refractivity contribution in [1.29, 1.82) is 0 Å². The Balaban J connectivity index is 2.02. The van der Waals surface area contributed by atoms with Crippen molar-refractivity contribution >= 4 is 11.4 Å². The molecule has 0 radical (unpaired) electrons. The largest absolute Gasteiger partial charge is 0.352 e. The van der Waals surface area contributed by atoms with Crippen LogP contribution in [-0.2, 0) is 0 Å². The maximum absolute atomic E-state index is 12.2. The van der Waals surface area contributed by atoms with Crippen molar-refractivity contribution in [3.63, 3.8) is 0 Å². The third-order valence-corrected chi connectivity index (χ3v) is 3.41. The normalized spacial score (nSPS) is 10.7. The van der Waals surface area contributed by atoms with E-state index >= 15 is 0 Å². The Morgan fingerprint density at radius 1 is 1.19 bits per heavy atom. The zero-order valence-corrected chi connectivity index (χ0v) is 11.9. The smallest absolute Gasteiger partial charge is 0.255 e. The standard InChI is InChI=1S/C17H17N3O/c1-2-9-18-17(21)15-12-19-20-10-8-14(11-16(15)20)13-6-4-3-5-7-13/h3-8,10-12H,2,9H2,1H3,(H,18,21). The van der Waals surface area contributed by atoms with Crippen LogP contribution in [-0.4, -0.2) is 22.1 Å². The van der Waals surface area contributed by atoms with Gasteiger partial charge in [-0.05, 0) is 29.7 Å². The van der Waals surface area contributed by atoms with Gasteiger partial charge in [-0.2, -0.15) is 5.10 Å². The number of nitrogens with zero attached hydrogens (tertiary/aromatic N) is 2. The minimum absolute atomic E-state index is 0.0722. The maximum Gasteiger partial charge on any atom is 0.255 e. The number of hydrogen-bond acceptors (Lipinski definition) is 2. The van der Waals surface area contributed by atoms with E-state index in [1.807, 2.05) is 43.5 Å². The van der Waals surface area contributed by atoms with Crippen LogP contribution in [0.2, 0.25) is 0 Å². The average Bonchev–Trinajstić information content (AvgIpc) is 2.96. The van der Waals surface area contributed by atoms with E-state index in [0.29, 0.717) is 12.1 Å². The van der Waals surface area contributed by atoms with Crippen LogP contribution < -0.4 is 5.32 Å². The molecule has 0 aliphatic heterocycles. The van der Waals surface area contributed by atoms with Crippen molar-refractivity contribution in [2.45, 2.75) is 13.3 Å². The van der Waals surface area contributed by atoms with Gasteiger partial charge < -0.3 is 5.32 Å². The van der Waals surface area contributed by atoms with Gasteiger partial charge in [0, 0.05) is 12.7 Å². The van der Waals surface area contributed by atoms with Crippen LogP contribution >= 0.6 is 0 Å². The topological polar surface area (TPSA) is 46.4 Å². The molecule has 0 aliphatic carbocycles. The van der Waals surface area contributed by atoms with Crippen LogP contribution in [0.15, 0.2) is 54.9 Å². The molecule has 3 aromatic rings. The number of amides is 1. The number of nitrogens with one attached hydrogen (secondary N) is 1. The molecule has 21 heavy (non-hydrogen) atoms.